The fraction of sp³-hybridized carbons (Fsp3) is 0.917. The topological polar surface area (TPSA) is 56.8 Å². The lowest BCUT2D eigenvalue weighted by Gasteiger charge is -2.20. The molecule has 0 spiro atoms. The Morgan fingerprint density at radius 2 is 2.12 bits per heavy atom. The Morgan fingerprint density at radius 1 is 1.47 bits per heavy atom. The number of nitrogens with one attached hydrogen (secondary N) is 1. The molecule has 1 N–H and O–H groups in total. The fourth-order valence-electron chi connectivity index (χ4n) is 1.42. The molecule has 1 amide bonds. The van der Waals surface area contributed by atoms with Crippen LogP contribution in [0.4, 0.5) is 0 Å². The van der Waals surface area contributed by atoms with Crippen LogP contribution in [0.3, 0.4) is 0 Å². The number of amides is 1. The van der Waals surface area contributed by atoms with Gasteiger partial charge in [0.25, 0.3) is 0 Å². The zero-order valence-corrected chi connectivity index (χ0v) is 11.3. The number of hydrogen-bond donors (Lipinski definition) is 1. The van der Waals surface area contributed by atoms with Crippen LogP contribution in [0.5, 0.6) is 0 Å². The number of carbonyl (C=O) groups is 1. The van der Waals surface area contributed by atoms with Crippen LogP contribution in [-0.2, 0) is 19.0 Å². The highest BCUT2D eigenvalue weighted by molar-refractivity contribution is 5.77. The van der Waals surface area contributed by atoms with Crippen molar-refractivity contribution >= 4 is 5.91 Å². The van der Waals surface area contributed by atoms with E-state index in [0.717, 1.165) is 0 Å². The second-order valence-corrected chi connectivity index (χ2v) is 5.66. The van der Waals surface area contributed by atoms with Crippen LogP contribution in [0.1, 0.15) is 34.6 Å². The molecule has 1 fully saturated rings. The van der Waals surface area contributed by atoms with Gasteiger partial charge in [0.1, 0.15) is 12.7 Å². The lowest BCUT2D eigenvalue weighted by atomic mass is 10.2. The molecule has 100 valence electrons. The van der Waals surface area contributed by atoms with Crippen molar-refractivity contribution < 1.29 is 19.0 Å². The molecule has 17 heavy (non-hydrogen) atoms. The molecule has 1 aliphatic rings. The zero-order valence-electron chi connectivity index (χ0n) is 11.3. The molecule has 0 bridgehead atoms. The van der Waals surface area contributed by atoms with E-state index >= 15 is 0 Å². The molecule has 0 aromatic carbocycles. The largest absolute Gasteiger partial charge is 0.366 e. The standard InChI is InChI=1S/C12H23NO4/c1-11(2,3)15-8-10(14)13-6-9-7-16-12(4,5)17-9/h9H,6-8H2,1-5H3,(H,13,14). The monoisotopic (exact) mass is 245 g/mol. The summed E-state index contributed by atoms with van der Waals surface area (Å²) < 4.78 is 16.3. The zero-order chi connectivity index (χ0) is 13.1. The van der Waals surface area contributed by atoms with Crippen molar-refractivity contribution in [2.45, 2.75) is 52.1 Å². The Hall–Kier alpha value is -0.650. The molecule has 1 atom stereocenters. The third kappa shape index (κ3) is 6.00. The molecule has 1 rings (SSSR count). The van der Waals surface area contributed by atoms with Gasteiger partial charge in [0, 0.05) is 6.54 Å². The highest BCUT2D eigenvalue weighted by Gasteiger charge is 2.32. The maximum absolute atomic E-state index is 11.5. The first-order chi connectivity index (χ1) is 7.68. The first-order valence-corrected chi connectivity index (χ1v) is 5.90. The SMILES string of the molecule is CC(C)(C)OCC(=O)NCC1COC(C)(C)O1. The van der Waals surface area contributed by atoms with Crippen molar-refractivity contribution in [2.75, 3.05) is 19.8 Å². The molecular formula is C12H23NO4. The average Bonchev–Trinajstić information content (AvgIpc) is 2.51. The second-order valence-electron chi connectivity index (χ2n) is 5.66. The third-order valence-electron chi connectivity index (χ3n) is 2.23. The first-order valence-electron chi connectivity index (χ1n) is 5.90. The summed E-state index contributed by atoms with van der Waals surface area (Å²) in [6.07, 6.45) is -0.0800. The van der Waals surface area contributed by atoms with Crippen LogP contribution < -0.4 is 5.32 Å². The quantitative estimate of drug-likeness (QED) is 0.805. The first kappa shape index (κ1) is 14.4. The summed E-state index contributed by atoms with van der Waals surface area (Å²) in [6, 6.07) is 0. The molecule has 0 radical (unpaired) electrons. The predicted molar refractivity (Wildman–Crippen MR) is 63.6 cm³/mol. The summed E-state index contributed by atoms with van der Waals surface area (Å²) in [5.41, 5.74) is -0.299. The van der Waals surface area contributed by atoms with Crippen molar-refractivity contribution in [3.8, 4) is 0 Å². The summed E-state index contributed by atoms with van der Waals surface area (Å²) in [5, 5.41) is 2.77. The van der Waals surface area contributed by atoms with E-state index in [2.05, 4.69) is 5.32 Å². The van der Waals surface area contributed by atoms with Gasteiger partial charge in [-0.25, -0.2) is 0 Å². The van der Waals surface area contributed by atoms with Crippen LogP contribution in [-0.4, -0.2) is 43.2 Å². The van der Waals surface area contributed by atoms with Gasteiger partial charge in [-0.1, -0.05) is 0 Å². The lowest BCUT2D eigenvalue weighted by Crippen LogP contribution is -2.38. The third-order valence-corrected chi connectivity index (χ3v) is 2.23. The Balaban J connectivity index is 2.17. The van der Waals surface area contributed by atoms with Gasteiger partial charge in [0.05, 0.1) is 12.2 Å². The van der Waals surface area contributed by atoms with E-state index in [-0.39, 0.29) is 24.2 Å². The van der Waals surface area contributed by atoms with Crippen molar-refractivity contribution in [1.82, 2.24) is 5.32 Å². The van der Waals surface area contributed by atoms with E-state index in [1.165, 1.54) is 0 Å². The van der Waals surface area contributed by atoms with Gasteiger partial charge in [0.15, 0.2) is 5.79 Å². The van der Waals surface area contributed by atoms with Crippen molar-refractivity contribution in [3.05, 3.63) is 0 Å². The minimum atomic E-state index is -0.544. The highest BCUT2D eigenvalue weighted by atomic mass is 16.7. The van der Waals surface area contributed by atoms with E-state index in [1.807, 2.05) is 34.6 Å². The Labute approximate surface area is 103 Å². The van der Waals surface area contributed by atoms with Crippen molar-refractivity contribution in [2.24, 2.45) is 0 Å². The average molecular weight is 245 g/mol. The summed E-state index contributed by atoms with van der Waals surface area (Å²) in [4.78, 5) is 11.5. The molecule has 0 aromatic rings. The molecule has 5 heteroatoms. The van der Waals surface area contributed by atoms with Crippen LogP contribution >= 0.6 is 0 Å². The van der Waals surface area contributed by atoms with Gasteiger partial charge in [-0.2, -0.15) is 0 Å². The highest BCUT2D eigenvalue weighted by Crippen LogP contribution is 2.21. The number of ether oxygens (including phenoxy) is 3. The molecule has 0 aromatic heterocycles. The molecule has 1 saturated heterocycles. The molecule has 5 nitrogen and oxygen atoms in total. The minimum Gasteiger partial charge on any atom is -0.366 e. The number of rotatable bonds is 4. The molecule has 0 aliphatic carbocycles. The summed E-state index contributed by atoms with van der Waals surface area (Å²) >= 11 is 0. The van der Waals surface area contributed by atoms with E-state index < -0.39 is 5.79 Å². The van der Waals surface area contributed by atoms with Gasteiger partial charge in [-0.3, -0.25) is 4.79 Å². The summed E-state index contributed by atoms with van der Waals surface area (Å²) in [5.74, 6) is -0.676. The van der Waals surface area contributed by atoms with E-state index in [0.29, 0.717) is 13.2 Å². The predicted octanol–water partition coefficient (Wildman–Crippen LogP) is 1.07. The van der Waals surface area contributed by atoms with Gasteiger partial charge in [-0.15, -0.1) is 0 Å². The number of carbonyl (C=O) groups excluding carboxylic acids is 1. The molecule has 1 heterocycles. The van der Waals surface area contributed by atoms with Gasteiger partial charge >= 0.3 is 0 Å². The van der Waals surface area contributed by atoms with E-state index in [1.54, 1.807) is 0 Å². The van der Waals surface area contributed by atoms with Crippen LogP contribution in [0.25, 0.3) is 0 Å². The minimum absolute atomic E-state index is 0.0699. The van der Waals surface area contributed by atoms with Crippen LogP contribution in [0, 0.1) is 0 Å². The maximum atomic E-state index is 11.5. The van der Waals surface area contributed by atoms with Gasteiger partial charge in [-0.05, 0) is 34.6 Å². The fourth-order valence-corrected chi connectivity index (χ4v) is 1.42. The van der Waals surface area contributed by atoms with E-state index in [9.17, 15) is 4.79 Å². The Bertz CT molecular complexity index is 270. The van der Waals surface area contributed by atoms with E-state index in [4.69, 9.17) is 14.2 Å². The molecule has 1 unspecified atom stereocenters. The van der Waals surface area contributed by atoms with Crippen LogP contribution in [0.2, 0.25) is 0 Å². The summed E-state index contributed by atoms with van der Waals surface area (Å²) in [6.45, 7) is 10.5. The summed E-state index contributed by atoms with van der Waals surface area (Å²) in [7, 11) is 0. The Kier molecular flexibility index (Phi) is 4.52. The van der Waals surface area contributed by atoms with Crippen LogP contribution in [0.15, 0.2) is 0 Å². The second kappa shape index (κ2) is 5.33. The number of hydrogen-bond acceptors (Lipinski definition) is 4. The molecular weight excluding hydrogens is 222 g/mol. The normalized spacial score (nSPS) is 23.7. The van der Waals surface area contributed by atoms with Crippen molar-refractivity contribution in [3.63, 3.8) is 0 Å². The molecule has 1 aliphatic heterocycles. The Morgan fingerprint density at radius 3 is 2.59 bits per heavy atom. The lowest BCUT2D eigenvalue weighted by molar-refractivity contribution is -0.141. The maximum Gasteiger partial charge on any atom is 0.246 e. The van der Waals surface area contributed by atoms with Gasteiger partial charge < -0.3 is 19.5 Å². The van der Waals surface area contributed by atoms with Crippen molar-refractivity contribution in [1.29, 1.82) is 0 Å². The van der Waals surface area contributed by atoms with Gasteiger partial charge in [0.2, 0.25) is 5.91 Å². The smallest absolute Gasteiger partial charge is 0.246 e. The molecule has 0 saturated carbocycles.